The lowest BCUT2D eigenvalue weighted by molar-refractivity contribution is 0.534. The molecule has 0 spiro atoms. The van der Waals surface area contributed by atoms with Crippen LogP contribution in [0.25, 0.3) is 0 Å². The topological polar surface area (TPSA) is 48.7 Å². The van der Waals surface area contributed by atoms with Crippen molar-refractivity contribution < 1.29 is 8.78 Å². The lowest BCUT2D eigenvalue weighted by Gasteiger charge is -2.06. The van der Waals surface area contributed by atoms with Gasteiger partial charge in [0, 0.05) is 29.7 Å². The Balaban J connectivity index is 2.02. The summed E-state index contributed by atoms with van der Waals surface area (Å²) in [6.07, 6.45) is 1.75. The van der Waals surface area contributed by atoms with E-state index in [1.54, 1.807) is 12.3 Å². The van der Waals surface area contributed by atoms with Gasteiger partial charge in [0.1, 0.15) is 16.6 Å². The van der Waals surface area contributed by atoms with Crippen LogP contribution < -0.4 is 5.32 Å². The van der Waals surface area contributed by atoms with E-state index in [2.05, 4.69) is 10.3 Å². The lowest BCUT2D eigenvalue weighted by Crippen LogP contribution is -2.15. The van der Waals surface area contributed by atoms with Crippen LogP contribution in [0.2, 0.25) is 0 Å². The molecule has 1 aromatic heterocycles. The molecule has 2 aromatic rings. The number of thiazole rings is 1. The maximum absolute atomic E-state index is 13.6. The van der Waals surface area contributed by atoms with E-state index in [1.165, 1.54) is 11.3 Å². The lowest BCUT2D eigenvalue weighted by atomic mass is 10.1. The molecule has 1 heterocycles. The molecule has 0 saturated heterocycles. The van der Waals surface area contributed by atoms with E-state index in [9.17, 15) is 8.78 Å². The molecular weight excluding hydrogens is 268 g/mol. The average molecular weight is 279 g/mol. The number of hydrogen-bond donors (Lipinski definition) is 1. The van der Waals surface area contributed by atoms with E-state index in [0.29, 0.717) is 6.54 Å². The molecule has 98 valence electrons. The maximum Gasteiger partial charge on any atom is 0.131 e. The number of halogens is 2. The first-order valence-corrected chi connectivity index (χ1v) is 6.42. The quantitative estimate of drug-likeness (QED) is 0.936. The second-order valence-corrected chi connectivity index (χ2v) is 5.32. The molecule has 0 radical (unpaired) electrons. The van der Waals surface area contributed by atoms with Gasteiger partial charge in [-0.3, -0.25) is 0 Å². The molecule has 19 heavy (non-hydrogen) atoms. The molecule has 0 aliphatic rings. The minimum atomic E-state index is -0.709. The number of nitriles is 1. The van der Waals surface area contributed by atoms with Crippen molar-refractivity contribution in [2.75, 3.05) is 0 Å². The highest BCUT2D eigenvalue weighted by atomic mass is 32.1. The maximum atomic E-state index is 13.6. The number of benzene rings is 1. The highest BCUT2D eigenvalue weighted by molar-refractivity contribution is 7.11. The number of rotatable bonds is 4. The molecule has 0 unspecified atom stereocenters. The van der Waals surface area contributed by atoms with Crippen molar-refractivity contribution in [3.8, 4) is 6.07 Å². The average Bonchev–Trinajstić information content (AvgIpc) is 2.78. The molecule has 0 fully saturated rings. The smallest absolute Gasteiger partial charge is 0.131 e. The van der Waals surface area contributed by atoms with Crippen LogP contribution in [-0.2, 0) is 13.1 Å². The highest BCUT2D eigenvalue weighted by Gasteiger charge is 2.11. The zero-order valence-electron chi connectivity index (χ0n) is 10.2. The zero-order chi connectivity index (χ0) is 13.8. The second kappa shape index (κ2) is 5.87. The van der Waals surface area contributed by atoms with Crippen LogP contribution in [0.3, 0.4) is 0 Å². The Morgan fingerprint density at radius 3 is 2.53 bits per heavy atom. The van der Waals surface area contributed by atoms with Crippen molar-refractivity contribution in [3.63, 3.8) is 0 Å². The fourth-order valence-corrected chi connectivity index (χ4v) is 2.37. The van der Waals surface area contributed by atoms with Gasteiger partial charge in [-0.25, -0.2) is 13.8 Å². The normalized spacial score (nSPS) is 10.4. The van der Waals surface area contributed by atoms with E-state index in [-0.39, 0.29) is 17.7 Å². The number of nitrogens with one attached hydrogen (secondary N) is 1. The van der Waals surface area contributed by atoms with Crippen LogP contribution in [0, 0.1) is 29.9 Å². The van der Waals surface area contributed by atoms with Gasteiger partial charge in [0.05, 0.1) is 11.6 Å². The molecule has 0 saturated carbocycles. The Labute approximate surface area is 113 Å². The summed E-state index contributed by atoms with van der Waals surface area (Å²) >= 11 is 1.53. The third-order valence-electron chi connectivity index (χ3n) is 2.52. The number of nitrogens with zero attached hydrogens (tertiary/aromatic N) is 2. The summed E-state index contributed by atoms with van der Waals surface area (Å²) < 4.78 is 27.2. The zero-order valence-corrected chi connectivity index (χ0v) is 11.0. The van der Waals surface area contributed by atoms with Crippen LogP contribution in [-0.4, -0.2) is 4.98 Å². The van der Waals surface area contributed by atoms with Crippen LogP contribution in [0.1, 0.15) is 21.0 Å². The third-order valence-corrected chi connectivity index (χ3v) is 3.43. The summed E-state index contributed by atoms with van der Waals surface area (Å²) in [5, 5.41) is 12.4. The minimum Gasteiger partial charge on any atom is -0.306 e. The monoisotopic (exact) mass is 279 g/mol. The molecule has 2 rings (SSSR count). The Morgan fingerprint density at radius 1 is 1.32 bits per heavy atom. The molecule has 0 bridgehead atoms. The van der Waals surface area contributed by atoms with Crippen LogP contribution >= 0.6 is 11.3 Å². The van der Waals surface area contributed by atoms with Crippen LogP contribution in [0.15, 0.2) is 18.3 Å². The fourth-order valence-electron chi connectivity index (χ4n) is 1.61. The fraction of sp³-hybridized carbons (Fsp3) is 0.231. The predicted molar refractivity (Wildman–Crippen MR) is 68.5 cm³/mol. The summed E-state index contributed by atoms with van der Waals surface area (Å²) in [7, 11) is 0. The predicted octanol–water partition coefficient (Wildman–Crippen LogP) is 2.89. The van der Waals surface area contributed by atoms with Gasteiger partial charge >= 0.3 is 0 Å². The van der Waals surface area contributed by atoms with E-state index in [1.807, 2.05) is 6.92 Å². The van der Waals surface area contributed by atoms with Crippen molar-refractivity contribution in [1.82, 2.24) is 10.3 Å². The van der Waals surface area contributed by atoms with Gasteiger partial charge in [-0.2, -0.15) is 5.26 Å². The molecule has 1 aromatic carbocycles. The van der Waals surface area contributed by atoms with Gasteiger partial charge in [0.15, 0.2) is 0 Å². The van der Waals surface area contributed by atoms with E-state index >= 15 is 0 Å². The van der Waals surface area contributed by atoms with Crippen molar-refractivity contribution in [2.24, 2.45) is 0 Å². The molecule has 6 heteroatoms. The summed E-state index contributed by atoms with van der Waals surface area (Å²) in [5.41, 5.74) is -0.0819. The SMILES string of the molecule is Cc1cnc(CNCc2c(F)cc(C#N)cc2F)s1. The highest BCUT2D eigenvalue weighted by Crippen LogP contribution is 2.16. The van der Waals surface area contributed by atoms with Crippen LogP contribution in [0.4, 0.5) is 8.78 Å². The van der Waals surface area contributed by atoms with Crippen LogP contribution in [0.5, 0.6) is 0 Å². The summed E-state index contributed by atoms with van der Waals surface area (Å²) in [5.74, 6) is -1.42. The Morgan fingerprint density at radius 2 is 2.00 bits per heavy atom. The van der Waals surface area contributed by atoms with E-state index in [4.69, 9.17) is 5.26 Å². The van der Waals surface area contributed by atoms with Gasteiger partial charge in [-0.1, -0.05) is 0 Å². The van der Waals surface area contributed by atoms with Gasteiger partial charge in [0.25, 0.3) is 0 Å². The number of aromatic nitrogens is 1. The van der Waals surface area contributed by atoms with Gasteiger partial charge < -0.3 is 5.32 Å². The second-order valence-electron chi connectivity index (χ2n) is 4.00. The van der Waals surface area contributed by atoms with Crippen molar-refractivity contribution >= 4 is 11.3 Å². The Bertz CT molecular complexity index is 608. The standard InChI is InChI=1S/C13H11F2N3S/c1-8-5-18-13(19-8)7-17-6-10-11(14)2-9(4-16)3-12(10)15/h2-3,5,17H,6-7H2,1H3. The number of aryl methyl sites for hydroxylation is 1. The Hall–Kier alpha value is -1.84. The van der Waals surface area contributed by atoms with Crippen molar-refractivity contribution in [3.05, 3.63) is 51.0 Å². The minimum absolute atomic E-state index is 0.0192. The van der Waals surface area contributed by atoms with Gasteiger partial charge in [-0.15, -0.1) is 11.3 Å². The van der Waals surface area contributed by atoms with E-state index in [0.717, 1.165) is 22.0 Å². The Kier molecular flexibility index (Phi) is 4.20. The van der Waals surface area contributed by atoms with Gasteiger partial charge in [-0.05, 0) is 19.1 Å². The largest absolute Gasteiger partial charge is 0.306 e. The van der Waals surface area contributed by atoms with Gasteiger partial charge in [0.2, 0.25) is 0 Å². The molecule has 0 amide bonds. The summed E-state index contributed by atoms with van der Waals surface area (Å²) in [6.45, 7) is 2.46. The van der Waals surface area contributed by atoms with Crippen molar-refractivity contribution in [2.45, 2.75) is 20.0 Å². The third kappa shape index (κ3) is 3.34. The molecule has 0 aliphatic carbocycles. The molecule has 0 aliphatic heterocycles. The number of hydrogen-bond acceptors (Lipinski definition) is 4. The first-order valence-electron chi connectivity index (χ1n) is 5.60. The molecular formula is C13H11F2N3S. The first kappa shape index (κ1) is 13.6. The van der Waals surface area contributed by atoms with E-state index < -0.39 is 11.6 Å². The first-order chi connectivity index (χ1) is 9.10. The molecule has 0 atom stereocenters. The van der Waals surface area contributed by atoms with Crippen molar-refractivity contribution in [1.29, 1.82) is 5.26 Å². The summed E-state index contributed by atoms with van der Waals surface area (Å²) in [6, 6.07) is 3.78. The molecule has 1 N–H and O–H groups in total. The molecule has 3 nitrogen and oxygen atoms in total. The summed E-state index contributed by atoms with van der Waals surface area (Å²) in [4.78, 5) is 5.23.